The van der Waals surface area contributed by atoms with Crippen LogP contribution in [0.5, 0.6) is 0 Å². The summed E-state index contributed by atoms with van der Waals surface area (Å²) in [6, 6.07) is 9.62. The highest BCUT2D eigenvalue weighted by atomic mass is 35.5. The molecular weight excluding hydrogens is 375 g/mol. The molecule has 1 aliphatic heterocycles. The molecule has 0 spiro atoms. The Balaban J connectivity index is 1.71. The summed E-state index contributed by atoms with van der Waals surface area (Å²) in [5.41, 5.74) is 2.23. The van der Waals surface area contributed by atoms with Gasteiger partial charge in [0.15, 0.2) is 0 Å². The summed E-state index contributed by atoms with van der Waals surface area (Å²) >= 11 is 12.0. The third-order valence-corrected chi connectivity index (χ3v) is 4.80. The molecule has 0 bridgehead atoms. The Hall–Kier alpha value is -2.37. The van der Waals surface area contributed by atoms with E-state index in [0.717, 1.165) is 10.5 Å². The number of hydrogen-bond donors (Lipinski definition) is 1. The zero-order chi connectivity index (χ0) is 19.0. The number of imide groups is 1. The molecule has 0 saturated carbocycles. The highest BCUT2D eigenvalue weighted by Gasteiger charge is 2.36. The molecule has 1 atom stereocenters. The van der Waals surface area contributed by atoms with Gasteiger partial charge in [-0.3, -0.25) is 19.3 Å². The average molecular weight is 391 g/mol. The van der Waals surface area contributed by atoms with Crippen LogP contribution in [0.1, 0.15) is 44.8 Å². The van der Waals surface area contributed by atoms with Crippen LogP contribution in [0, 0.1) is 6.92 Å². The number of carbonyl (C=O) groups is 3. The van der Waals surface area contributed by atoms with Gasteiger partial charge in [0.05, 0.1) is 17.2 Å². The first-order valence-corrected chi connectivity index (χ1v) is 8.74. The SMILES string of the molecule is Cc1ccc2c(c1)C(=O)N(CC(=O)NC(C)c1ccc(Cl)cc1Cl)C2=O. The number of aryl methyl sites for hydroxylation is 1. The quantitative estimate of drug-likeness (QED) is 0.807. The van der Waals surface area contributed by atoms with Crippen molar-refractivity contribution in [3.63, 3.8) is 0 Å². The smallest absolute Gasteiger partial charge is 0.262 e. The molecule has 3 rings (SSSR count). The molecule has 2 aromatic rings. The van der Waals surface area contributed by atoms with Gasteiger partial charge in [-0.05, 0) is 43.7 Å². The normalized spacial score (nSPS) is 14.4. The van der Waals surface area contributed by atoms with Gasteiger partial charge < -0.3 is 5.32 Å². The lowest BCUT2D eigenvalue weighted by Crippen LogP contribution is -2.41. The zero-order valence-electron chi connectivity index (χ0n) is 14.2. The zero-order valence-corrected chi connectivity index (χ0v) is 15.7. The fourth-order valence-corrected chi connectivity index (χ4v) is 3.48. The monoisotopic (exact) mass is 390 g/mol. The second-order valence-electron chi connectivity index (χ2n) is 6.20. The minimum absolute atomic E-state index is 0.321. The predicted octanol–water partition coefficient (Wildman–Crippen LogP) is 3.78. The van der Waals surface area contributed by atoms with E-state index in [1.807, 2.05) is 6.92 Å². The predicted molar refractivity (Wildman–Crippen MR) is 99.6 cm³/mol. The number of carbonyl (C=O) groups excluding carboxylic acids is 3. The maximum absolute atomic E-state index is 12.4. The summed E-state index contributed by atoms with van der Waals surface area (Å²) < 4.78 is 0. The second-order valence-corrected chi connectivity index (χ2v) is 7.04. The largest absolute Gasteiger partial charge is 0.348 e. The summed E-state index contributed by atoms with van der Waals surface area (Å²) in [7, 11) is 0. The van der Waals surface area contributed by atoms with Gasteiger partial charge >= 0.3 is 0 Å². The van der Waals surface area contributed by atoms with E-state index in [1.165, 1.54) is 0 Å². The maximum Gasteiger partial charge on any atom is 0.262 e. The van der Waals surface area contributed by atoms with Crippen LogP contribution < -0.4 is 5.32 Å². The van der Waals surface area contributed by atoms with E-state index in [2.05, 4.69) is 5.32 Å². The number of nitrogens with zero attached hydrogens (tertiary/aromatic N) is 1. The van der Waals surface area contributed by atoms with Crippen LogP contribution >= 0.6 is 23.2 Å². The molecule has 7 heteroatoms. The Morgan fingerprint density at radius 3 is 2.46 bits per heavy atom. The Kier molecular flexibility index (Phi) is 5.03. The first-order valence-electron chi connectivity index (χ1n) is 7.99. The summed E-state index contributed by atoms with van der Waals surface area (Å²) in [4.78, 5) is 38.1. The number of amides is 3. The van der Waals surface area contributed by atoms with Crippen molar-refractivity contribution >= 4 is 40.9 Å². The molecule has 0 saturated heterocycles. The standard InChI is InChI=1S/C19H16Cl2N2O3/c1-10-3-5-14-15(7-10)19(26)23(18(14)25)9-17(24)22-11(2)13-6-4-12(20)8-16(13)21/h3-8,11H,9H2,1-2H3,(H,22,24). The molecule has 1 N–H and O–H groups in total. The first kappa shape index (κ1) is 18.4. The third-order valence-electron chi connectivity index (χ3n) is 4.23. The second kappa shape index (κ2) is 7.09. The van der Waals surface area contributed by atoms with Crippen molar-refractivity contribution in [2.45, 2.75) is 19.9 Å². The molecule has 134 valence electrons. The summed E-state index contributed by atoms with van der Waals surface area (Å²) in [5.74, 6) is -1.37. The molecule has 2 aromatic carbocycles. The molecule has 3 amide bonds. The molecule has 1 unspecified atom stereocenters. The van der Waals surface area contributed by atoms with Gasteiger partial charge in [0, 0.05) is 10.0 Å². The molecule has 1 heterocycles. The highest BCUT2D eigenvalue weighted by molar-refractivity contribution is 6.35. The van der Waals surface area contributed by atoms with Gasteiger partial charge in [0.1, 0.15) is 6.54 Å². The van der Waals surface area contributed by atoms with Crippen molar-refractivity contribution in [1.29, 1.82) is 0 Å². The van der Waals surface area contributed by atoms with Crippen molar-refractivity contribution in [3.05, 3.63) is 68.7 Å². The Morgan fingerprint density at radius 2 is 1.77 bits per heavy atom. The summed E-state index contributed by atoms with van der Waals surface area (Å²) in [6.45, 7) is 3.25. The molecule has 26 heavy (non-hydrogen) atoms. The van der Waals surface area contributed by atoms with E-state index in [-0.39, 0.29) is 6.54 Å². The lowest BCUT2D eigenvalue weighted by atomic mass is 10.1. The lowest BCUT2D eigenvalue weighted by molar-refractivity contribution is -0.122. The molecular formula is C19H16Cl2N2O3. The molecule has 5 nitrogen and oxygen atoms in total. The van der Waals surface area contributed by atoms with Gasteiger partial charge in [0.25, 0.3) is 11.8 Å². The number of nitrogens with one attached hydrogen (secondary N) is 1. The summed E-state index contributed by atoms with van der Waals surface area (Å²) in [5, 5.41) is 3.68. The molecule has 0 fully saturated rings. The van der Waals surface area contributed by atoms with Gasteiger partial charge in [-0.1, -0.05) is 40.9 Å². The number of rotatable bonds is 4. The van der Waals surface area contributed by atoms with Crippen molar-refractivity contribution < 1.29 is 14.4 Å². The molecule has 0 aliphatic carbocycles. The summed E-state index contributed by atoms with van der Waals surface area (Å²) in [6.07, 6.45) is 0. The average Bonchev–Trinajstić information content (AvgIpc) is 2.79. The van der Waals surface area contributed by atoms with Crippen LogP contribution in [0.3, 0.4) is 0 Å². The van der Waals surface area contributed by atoms with Crippen LogP contribution in [0.2, 0.25) is 10.0 Å². The minimum atomic E-state index is -0.461. The lowest BCUT2D eigenvalue weighted by Gasteiger charge is -2.18. The van der Waals surface area contributed by atoms with E-state index < -0.39 is 23.8 Å². The molecule has 1 aliphatic rings. The minimum Gasteiger partial charge on any atom is -0.348 e. The number of hydrogen-bond acceptors (Lipinski definition) is 3. The van der Waals surface area contributed by atoms with E-state index in [4.69, 9.17) is 23.2 Å². The van der Waals surface area contributed by atoms with Crippen LogP contribution in [-0.2, 0) is 4.79 Å². The topological polar surface area (TPSA) is 66.5 Å². The van der Waals surface area contributed by atoms with Crippen molar-refractivity contribution in [2.24, 2.45) is 0 Å². The maximum atomic E-state index is 12.4. The van der Waals surface area contributed by atoms with Gasteiger partial charge in [-0.25, -0.2) is 0 Å². The van der Waals surface area contributed by atoms with Crippen LogP contribution in [-0.4, -0.2) is 29.2 Å². The fraction of sp³-hybridized carbons (Fsp3) is 0.211. The van der Waals surface area contributed by atoms with Gasteiger partial charge in [0.2, 0.25) is 5.91 Å². The fourth-order valence-electron chi connectivity index (χ4n) is 2.91. The first-order chi connectivity index (χ1) is 12.3. The molecule has 0 aromatic heterocycles. The van der Waals surface area contributed by atoms with E-state index in [1.54, 1.807) is 43.3 Å². The Bertz CT molecular complexity index is 927. The van der Waals surface area contributed by atoms with Crippen LogP contribution in [0.4, 0.5) is 0 Å². The van der Waals surface area contributed by atoms with Gasteiger partial charge in [-0.2, -0.15) is 0 Å². The third kappa shape index (κ3) is 3.45. The number of halogens is 2. The van der Waals surface area contributed by atoms with Crippen LogP contribution in [0.15, 0.2) is 36.4 Å². The molecule has 0 radical (unpaired) electrons. The highest BCUT2D eigenvalue weighted by Crippen LogP contribution is 2.27. The van der Waals surface area contributed by atoms with E-state index >= 15 is 0 Å². The number of benzene rings is 2. The van der Waals surface area contributed by atoms with Crippen molar-refractivity contribution in [1.82, 2.24) is 10.2 Å². The van der Waals surface area contributed by atoms with Crippen molar-refractivity contribution in [3.8, 4) is 0 Å². The Labute approximate surface area is 160 Å². The van der Waals surface area contributed by atoms with Gasteiger partial charge in [-0.15, -0.1) is 0 Å². The number of fused-ring (bicyclic) bond motifs is 1. The van der Waals surface area contributed by atoms with Crippen LogP contribution in [0.25, 0.3) is 0 Å². The van der Waals surface area contributed by atoms with E-state index in [0.29, 0.717) is 26.7 Å². The Morgan fingerprint density at radius 1 is 1.08 bits per heavy atom. The van der Waals surface area contributed by atoms with Crippen molar-refractivity contribution in [2.75, 3.05) is 6.54 Å². The van der Waals surface area contributed by atoms with E-state index in [9.17, 15) is 14.4 Å².